The van der Waals surface area contributed by atoms with Gasteiger partial charge in [-0.15, -0.1) is 0 Å². The molecule has 2 rings (SSSR count). The van der Waals surface area contributed by atoms with Gasteiger partial charge in [0.25, 0.3) is 0 Å². The lowest BCUT2D eigenvalue weighted by Crippen LogP contribution is -2.06. The van der Waals surface area contributed by atoms with Crippen LogP contribution in [0.25, 0.3) is 0 Å². The average molecular weight is 223 g/mol. The van der Waals surface area contributed by atoms with Crippen molar-refractivity contribution in [3.05, 3.63) is 59.9 Å². The van der Waals surface area contributed by atoms with Crippen LogP contribution in [0.5, 0.6) is 0 Å². The number of hydrogen-bond acceptors (Lipinski definition) is 3. The molecule has 0 amide bonds. The van der Waals surface area contributed by atoms with E-state index in [1.54, 1.807) is 12.3 Å². The Morgan fingerprint density at radius 3 is 2.71 bits per heavy atom. The maximum absolute atomic E-state index is 8.77. The maximum Gasteiger partial charge on any atom is 0.142 e. The highest BCUT2D eigenvalue weighted by Gasteiger charge is 2.04. The fourth-order valence-corrected chi connectivity index (χ4v) is 1.66. The molecule has 0 radical (unpaired) electrons. The van der Waals surface area contributed by atoms with Gasteiger partial charge >= 0.3 is 0 Å². The molecule has 1 heterocycles. The number of nitrogens with one attached hydrogen (secondary N) is 1. The van der Waals surface area contributed by atoms with Crippen LogP contribution in [0.2, 0.25) is 0 Å². The molecule has 1 aromatic carbocycles. The summed E-state index contributed by atoms with van der Waals surface area (Å²) in [5.41, 5.74) is 2.55. The molecule has 0 bridgehead atoms. The molecular formula is C14H13N3. The minimum atomic E-state index is 0.199. The summed E-state index contributed by atoms with van der Waals surface area (Å²) in [5.74, 6) is 0. The van der Waals surface area contributed by atoms with Crippen molar-refractivity contribution in [2.75, 3.05) is 5.32 Å². The van der Waals surface area contributed by atoms with Crippen molar-refractivity contribution < 1.29 is 0 Å². The molecule has 17 heavy (non-hydrogen) atoms. The molecule has 3 heteroatoms. The SMILES string of the molecule is CC(Nc1ccnc(C#N)c1)c1ccccc1. The lowest BCUT2D eigenvalue weighted by molar-refractivity contribution is 0.884. The lowest BCUT2D eigenvalue weighted by atomic mass is 10.1. The van der Waals surface area contributed by atoms with Crippen LogP contribution in [-0.2, 0) is 0 Å². The van der Waals surface area contributed by atoms with Gasteiger partial charge < -0.3 is 5.32 Å². The molecule has 2 aromatic rings. The van der Waals surface area contributed by atoms with Gasteiger partial charge in [0.15, 0.2) is 0 Å². The minimum Gasteiger partial charge on any atom is -0.378 e. The fraction of sp³-hybridized carbons (Fsp3) is 0.143. The Bertz CT molecular complexity index is 529. The van der Waals surface area contributed by atoms with Crippen LogP contribution in [0.15, 0.2) is 48.7 Å². The molecule has 1 aromatic heterocycles. The van der Waals surface area contributed by atoms with E-state index in [4.69, 9.17) is 5.26 Å². The van der Waals surface area contributed by atoms with Gasteiger partial charge in [-0.25, -0.2) is 4.98 Å². The van der Waals surface area contributed by atoms with E-state index < -0.39 is 0 Å². The molecule has 0 saturated carbocycles. The first-order chi connectivity index (χ1) is 8.29. The topological polar surface area (TPSA) is 48.7 Å². The zero-order valence-corrected chi connectivity index (χ0v) is 9.59. The number of aromatic nitrogens is 1. The molecule has 3 nitrogen and oxygen atoms in total. The monoisotopic (exact) mass is 223 g/mol. The van der Waals surface area contributed by atoms with Crippen molar-refractivity contribution in [2.24, 2.45) is 0 Å². The lowest BCUT2D eigenvalue weighted by Gasteiger charge is -2.15. The second-order valence-corrected chi connectivity index (χ2v) is 3.82. The van der Waals surface area contributed by atoms with E-state index in [2.05, 4.69) is 29.4 Å². The standard InChI is InChI=1S/C14H13N3/c1-11(12-5-3-2-4-6-12)17-13-7-8-16-14(9-13)10-15/h2-9,11H,1H3,(H,16,17). The smallest absolute Gasteiger partial charge is 0.142 e. The number of nitrogens with zero attached hydrogens (tertiary/aromatic N) is 2. The van der Waals surface area contributed by atoms with Crippen LogP contribution in [0.4, 0.5) is 5.69 Å². The van der Waals surface area contributed by atoms with Crippen LogP contribution in [-0.4, -0.2) is 4.98 Å². The van der Waals surface area contributed by atoms with Crippen molar-refractivity contribution in [3.63, 3.8) is 0 Å². The number of rotatable bonds is 3. The Kier molecular flexibility index (Phi) is 3.37. The Labute approximate surface area is 101 Å². The molecular weight excluding hydrogens is 210 g/mol. The van der Waals surface area contributed by atoms with Crippen molar-refractivity contribution in [1.29, 1.82) is 5.26 Å². The van der Waals surface area contributed by atoms with Gasteiger partial charge in [0.05, 0.1) is 0 Å². The second-order valence-electron chi connectivity index (χ2n) is 3.82. The normalized spacial score (nSPS) is 11.5. The number of pyridine rings is 1. The molecule has 0 spiro atoms. The van der Waals surface area contributed by atoms with Gasteiger partial charge in [-0.2, -0.15) is 5.26 Å². The van der Waals surface area contributed by atoms with Crippen LogP contribution in [0.3, 0.4) is 0 Å². The number of anilines is 1. The van der Waals surface area contributed by atoms with Gasteiger partial charge in [-0.1, -0.05) is 30.3 Å². The van der Waals surface area contributed by atoms with Gasteiger partial charge in [-0.3, -0.25) is 0 Å². The third-order valence-corrected chi connectivity index (χ3v) is 2.56. The van der Waals surface area contributed by atoms with E-state index in [0.717, 1.165) is 5.69 Å². The quantitative estimate of drug-likeness (QED) is 0.869. The fourth-order valence-electron chi connectivity index (χ4n) is 1.66. The highest BCUT2D eigenvalue weighted by Crippen LogP contribution is 2.18. The Balaban J connectivity index is 2.13. The summed E-state index contributed by atoms with van der Waals surface area (Å²) < 4.78 is 0. The Hall–Kier alpha value is -2.34. The van der Waals surface area contributed by atoms with Crippen molar-refractivity contribution in [2.45, 2.75) is 13.0 Å². The second kappa shape index (κ2) is 5.13. The predicted octanol–water partition coefficient (Wildman–Crippen LogP) is 3.13. The van der Waals surface area contributed by atoms with Crippen molar-refractivity contribution in [1.82, 2.24) is 4.98 Å². The van der Waals surface area contributed by atoms with E-state index in [1.165, 1.54) is 5.56 Å². The summed E-state index contributed by atoms with van der Waals surface area (Å²) in [6, 6.07) is 16.0. The van der Waals surface area contributed by atoms with Gasteiger partial charge in [0.1, 0.15) is 11.8 Å². The summed E-state index contributed by atoms with van der Waals surface area (Å²) in [5, 5.41) is 12.1. The summed E-state index contributed by atoms with van der Waals surface area (Å²) in [6.45, 7) is 2.09. The van der Waals surface area contributed by atoms with E-state index in [9.17, 15) is 0 Å². The van der Waals surface area contributed by atoms with E-state index in [1.807, 2.05) is 30.3 Å². The third-order valence-electron chi connectivity index (χ3n) is 2.56. The van der Waals surface area contributed by atoms with E-state index in [0.29, 0.717) is 5.69 Å². The zero-order chi connectivity index (χ0) is 12.1. The first kappa shape index (κ1) is 11.2. The number of benzene rings is 1. The number of hydrogen-bond donors (Lipinski definition) is 1. The third kappa shape index (κ3) is 2.82. The zero-order valence-electron chi connectivity index (χ0n) is 9.59. The van der Waals surface area contributed by atoms with Crippen LogP contribution < -0.4 is 5.32 Å². The molecule has 1 unspecified atom stereocenters. The molecule has 0 aliphatic carbocycles. The largest absolute Gasteiger partial charge is 0.378 e. The first-order valence-corrected chi connectivity index (χ1v) is 5.47. The average Bonchev–Trinajstić information content (AvgIpc) is 2.40. The van der Waals surface area contributed by atoms with E-state index in [-0.39, 0.29) is 6.04 Å². The highest BCUT2D eigenvalue weighted by atomic mass is 14.9. The van der Waals surface area contributed by atoms with Gasteiger partial charge in [-0.05, 0) is 24.6 Å². The molecule has 0 fully saturated rings. The first-order valence-electron chi connectivity index (χ1n) is 5.47. The molecule has 1 atom stereocenters. The van der Waals surface area contributed by atoms with Crippen molar-refractivity contribution >= 4 is 5.69 Å². The highest BCUT2D eigenvalue weighted by molar-refractivity contribution is 5.47. The summed E-state index contributed by atoms with van der Waals surface area (Å²) in [7, 11) is 0. The van der Waals surface area contributed by atoms with Gasteiger partial charge in [0, 0.05) is 17.9 Å². The summed E-state index contributed by atoms with van der Waals surface area (Å²) in [6.07, 6.45) is 1.64. The van der Waals surface area contributed by atoms with E-state index >= 15 is 0 Å². The number of nitriles is 1. The Morgan fingerprint density at radius 1 is 1.24 bits per heavy atom. The van der Waals surface area contributed by atoms with Crippen LogP contribution in [0.1, 0.15) is 24.2 Å². The van der Waals surface area contributed by atoms with Crippen LogP contribution in [0, 0.1) is 11.3 Å². The van der Waals surface area contributed by atoms with Gasteiger partial charge in [0.2, 0.25) is 0 Å². The maximum atomic E-state index is 8.77. The molecule has 1 N–H and O–H groups in total. The molecule has 0 aliphatic rings. The summed E-state index contributed by atoms with van der Waals surface area (Å²) in [4.78, 5) is 3.94. The molecule has 0 saturated heterocycles. The predicted molar refractivity (Wildman–Crippen MR) is 67.4 cm³/mol. The Morgan fingerprint density at radius 2 is 2.00 bits per heavy atom. The molecule has 84 valence electrons. The molecule has 0 aliphatic heterocycles. The van der Waals surface area contributed by atoms with Crippen LogP contribution >= 0.6 is 0 Å². The summed E-state index contributed by atoms with van der Waals surface area (Å²) >= 11 is 0. The minimum absolute atomic E-state index is 0.199. The van der Waals surface area contributed by atoms with Crippen molar-refractivity contribution in [3.8, 4) is 6.07 Å².